The summed E-state index contributed by atoms with van der Waals surface area (Å²) in [5.74, 6) is -1.36. The van der Waals surface area contributed by atoms with Crippen LogP contribution in [0.2, 0.25) is 0 Å². The molecule has 24 heavy (non-hydrogen) atoms. The first-order chi connectivity index (χ1) is 11.2. The number of nitrogens with zero attached hydrogens (tertiary/aromatic N) is 1. The molecule has 0 unspecified atom stereocenters. The van der Waals surface area contributed by atoms with Gasteiger partial charge in [0.2, 0.25) is 15.9 Å². The van der Waals surface area contributed by atoms with E-state index in [1.54, 1.807) is 6.07 Å². The molecule has 0 bridgehead atoms. The number of carbonyl (C=O) groups is 2. The Bertz CT molecular complexity index is 737. The van der Waals surface area contributed by atoms with Gasteiger partial charge in [-0.2, -0.15) is 0 Å². The summed E-state index contributed by atoms with van der Waals surface area (Å²) in [6, 6.07) is 5.93. The maximum absolute atomic E-state index is 12.2. The first kappa shape index (κ1) is 18.4. The molecule has 0 heterocycles. The van der Waals surface area contributed by atoms with Crippen LogP contribution in [0.1, 0.15) is 32.1 Å². The van der Waals surface area contributed by atoms with Crippen molar-refractivity contribution in [1.82, 2.24) is 4.31 Å². The number of nitrogens with one attached hydrogen (secondary N) is 1. The highest BCUT2D eigenvalue weighted by molar-refractivity contribution is 7.89. The number of rotatable bonds is 6. The second kappa shape index (κ2) is 6.90. The lowest BCUT2D eigenvalue weighted by Crippen LogP contribution is -2.32. The number of amides is 1. The van der Waals surface area contributed by atoms with Gasteiger partial charge in [0.05, 0.1) is 10.3 Å². The summed E-state index contributed by atoms with van der Waals surface area (Å²) in [6.07, 6.45) is 2.48. The summed E-state index contributed by atoms with van der Waals surface area (Å²) in [5, 5.41) is 12.0. The molecule has 0 aliphatic heterocycles. The lowest BCUT2D eigenvalue weighted by molar-refractivity contribution is -0.150. The zero-order valence-electron chi connectivity index (χ0n) is 13.8. The van der Waals surface area contributed by atoms with E-state index in [0.717, 1.165) is 17.1 Å². The van der Waals surface area contributed by atoms with E-state index in [9.17, 15) is 23.1 Å². The Morgan fingerprint density at radius 1 is 1.25 bits per heavy atom. The van der Waals surface area contributed by atoms with Crippen molar-refractivity contribution >= 4 is 27.6 Å². The number of anilines is 1. The first-order valence-corrected chi connectivity index (χ1v) is 9.17. The van der Waals surface area contributed by atoms with Crippen LogP contribution in [0.5, 0.6) is 0 Å². The minimum absolute atomic E-state index is 0.0686. The number of aliphatic carboxylic acids is 1. The summed E-state index contributed by atoms with van der Waals surface area (Å²) < 4.78 is 25.3. The van der Waals surface area contributed by atoms with E-state index in [4.69, 9.17) is 0 Å². The maximum Gasteiger partial charge on any atom is 0.310 e. The smallest absolute Gasteiger partial charge is 0.310 e. The van der Waals surface area contributed by atoms with E-state index >= 15 is 0 Å². The van der Waals surface area contributed by atoms with Crippen LogP contribution in [-0.2, 0) is 19.6 Å². The molecular formula is C16H22N2O5S. The number of sulfonamides is 1. The highest BCUT2D eigenvalue weighted by atomic mass is 32.2. The summed E-state index contributed by atoms with van der Waals surface area (Å²) >= 11 is 0. The van der Waals surface area contributed by atoms with Crippen molar-refractivity contribution in [2.45, 2.75) is 37.0 Å². The number of carboxylic acids is 1. The average molecular weight is 354 g/mol. The van der Waals surface area contributed by atoms with E-state index in [1.807, 2.05) is 0 Å². The number of carboxylic acid groups (broad SMARTS) is 1. The number of benzene rings is 1. The molecule has 0 atom stereocenters. The van der Waals surface area contributed by atoms with Crippen molar-refractivity contribution in [3.05, 3.63) is 24.3 Å². The molecule has 1 aliphatic rings. The Labute approximate surface area is 141 Å². The van der Waals surface area contributed by atoms with Gasteiger partial charge in [0.15, 0.2) is 0 Å². The van der Waals surface area contributed by atoms with Crippen LogP contribution in [0.15, 0.2) is 29.2 Å². The van der Waals surface area contributed by atoms with Crippen LogP contribution < -0.4 is 5.32 Å². The molecule has 0 radical (unpaired) electrons. The highest BCUT2D eigenvalue weighted by Gasteiger charge is 2.42. The first-order valence-electron chi connectivity index (χ1n) is 7.73. The third-order valence-electron chi connectivity index (χ3n) is 4.41. The minimum atomic E-state index is -3.60. The monoisotopic (exact) mass is 354 g/mol. The second-order valence-corrected chi connectivity index (χ2v) is 8.48. The van der Waals surface area contributed by atoms with E-state index in [2.05, 4.69) is 5.32 Å². The van der Waals surface area contributed by atoms with Crippen LogP contribution in [0.3, 0.4) is 0 Å². The van der Waals surface area contributed by atoms with Gasteiger partial charge in [0.1, 0.15) is 0 Å². The fraction of sp³-hybridized carbons (Fsp3) is 0.500. The summed E-state index contributed by atoms with van der Waals surface area (Å²) in [7, 11) is -0.739. The van der Waals surface area contributed by atoms with E-state index in [0.29, 0.717) is 18.5 Å². The van der Waals surface area contributed by atoms with E-state index in [1.165, 1.54) is 32.3 Å². The zero-order chi connectivity index (χ0) is 18.0. The summed E-state index contributed by atoms with van der Waals surface area (Å²) in [5.41, 5.74) is -0.668. The number of carbonyl (C=O) groups excluding carboxylic acids is 1. The van der Waals surface area contributed by atoms with Gasteiger partial charge in [0, 0.05) is 26.2 Å². The van der Waals surface area contributed by atoms with Crippen molar-refractivity contribution < 1.29 is 23.1 Å². The molecule has 1 fully saturated rings. The number of hydrogen-bond acceptors (Lipinski definition) is 4. The molecule has 0 saturated heterocycles. The van der Waals surface area contributed by atoms with Crippen molar-refractivity contribution in [2.24, 2.45) is 5.41 Å². The predicted octanol–water partition coefficient (Wildman–Crippen LogP) is 1.91. The quantitative estimate of drug-likeness (QED) is 0.812. The van der Waals surface area contributed by atoms with Gasteiger partial charge in [-0.05, 0) is 31.0 Å². The zero-order valence-corrected chi connectivity index (χ0v) is 14.6. The lowest BCUT2D eigenvalue weighted by atomic mass is 9.82. The van der Waals surface area contributed by atoms with Crippen LogP contribution in [-0.4, -0.2) is 43.8 Å². The van der Waals surface area contributed by atoms with Gasteiger partial charge in [-0.1, -0.05) is 18.9 Å². The molecule has 1 amide bonds. The van der Waals surface area contributed by atoms with Gasteiger partial charge in [0.25, 0.3) is 0 Å². The molecule has 2 rings (SSSR count). The third kappa shape index (κ3) is 3.76. The van der Waals surface area contributed by atoms with Gasteiger partial charge in [-0.3, -0.25) is 9.59 Å². The third-order valence-corrected chi connectivity index (χ3v) is 6.22. The van der Waals surface area contributed by atoms with Gasteiger partial charge < -0.3 is 10.4 Å². The van der Waals surface area contributed by atoms with Gasteiger partial charge >= 0.3 is 5.97 Å². The molecule has 132 valence electrons. The summed E-state index contributed by atoms with van der Waals surface area (Å²) in [6.45, 7) is 0. The molecule has 8 heteroatoms. The van der Waals surface area contributed by atoms with Crippen LogP contribution in [0.25, 0.3) is 0 Å². The van der Waals surface area contributed by atoms with Crippen LogP contribution in [0, 0.1) is 5.41 Å². The Morgan fingerprint density at radius 3 is 2.42 bits per heavy atom. The molecular weight excluding hydrogens is 332 g/mol. The Balaban J connectivity index is 2.14. The van der Waals surface area contributed by atoms with E-state index < -0.39 is 27.3 Å². The Hall–Kier alpha value is -1.93. The molecule has 1 aliphatic carbocycles. The molecule has 1 aromatic carbocycles. The van der Waals surface area contributed by atoms with E-state index in [-0.39, 0.29) is 11.3 Å². The molecule has 2 N–H and O–H groups in total. The summed E-state index contributed by atoms with van der Waals surface area (Å²) in [4.78, 5) is 23.8. The van der Waals surface area contributed by atoms with Crippen LogP contribution >= 0.6 is 0 Å². The van der Waals surface area contributed by atoms with Crippen LogP contribution in [0.4, 0.5) is 5.69 Å². The van der Waals surface area contributed by atoms with Gasteiger partial charge in [-0.25, -0.2) is 12.7 Å². The Kier molecular flexibility index (Phi) is 5.29. The SMILES string of the molecule is CN(C)S(=O)(=O)c1cccc(NC(=O)CC2(C(=O)O)CCCC2)c1. The normalized spacial score (nSPS) is 17.0. The van der Waals surface area contributed by atoms with Crippen molar-refractivity contribution in [2.75, 3.05) is 19.4 Å². The molecule has 0 spiro atoms. The molecule has 1 aromatic rings. The largest absolute Gasteiger partial charge is 0.481 e. The molecule has 0 aromatic heterocycles. The minimum Gasteiger partial charge on any atom is -0.481 e. The predicted molar refractivity (Wildman–Crippen MR) is 89.1 cm³/mol. The van der Waals surface area contributed by atoms with Crippen molar-refractivity contribution in [1.29, 1.82) is 0 Å². The second-order valence-electron chi connectivity index (χ2n) is 6.33. The fourth-order valence-corrected chi connectivity index (χ4v) is 3.92. The topological polar surface area (TPSA) is 104 Å². The van der Waals surface area contributed by atoms with Gasteiger partial charge in [-0.15, -0.1) is 0 Å². The lowest BCUT2D eigenvalue weighted by Gasteiger charge is -2.23. The Morgan fingerprint density at radius 2 is 1.88 bits per heavy atom. The van der Waals surface area contributed by atoms with Crippen molar-refractivity contribution in [3.63, 3.8) is 0 Å². The highest BCUT2D eigenvalue weighted by Crippen LogP contribution is 2.41. The fourth-order valence-electron chi connectivity index (χ4n) is 2.98. The van der Waals surface area contributed by atoms with Crippen molar-refractivity contribution in [3.8, 4) is 0 Å². The molecule has 7 nitrogen and oxygen atoms in total. The molecule has 1 saturated carbocycles. The standard InChI is InChI=1S/C16H22N2O5S/c1-18(2)24(22,23)13-7-5-6-12(10-13)17-14(19)11-16(15(20)21)8-3-4-9-16/h5-7,10H,3-4,8-9,11H2,1-2H3,(H,17,19)(H,20,21). The average Bonchev–Trinajstić information content (AvgIpc) is 2.97. The number of hydrogen-bond donors (Lipinski definition) is 2. The maximum atomic E-state index is 12.2.